The van der Waals surface area contributed by atoms with Crippen LogP contribution in [0.1, 0.15) is 264 Å². The Bertz CT molecular complexity index is 935. The van der Waals surface area contributed by atoms with Crippen LogP contribution in [0.15, 0.2) is 36.5 Å². The first kappa shape index (κ1) is 57.5. The highest BCUT2D eigenvalue weighted by Gasteiger charge is 2.28. The molecule has 0 radical (unpaired) electrons. The van der Waals surface area contributed by atoms with E-state index < -0.39 is 36.9 Å². The molecule has 0 aliphatic carbocycles. The second-order valence-electron chi connectivity index (χ2n) is 17.8. The Kier molecular flexibility index (Phi) is 46.4. The van der Waals surface area contributed by atoms with Crippen molar-refractivity contribution in [1.82, 2.24) is 5.32 Å². The second kappa shape index (κ2) is 47.6. The van der Waals surface area contributed by atoms with E-state index in [4.69, 9.17) is 0 Å². The van der Waals surface area contributed by atoms with Crippen LogP contribution in [0.2, 0.25) is 0 Å². The average Bonchev–Trinajstić information content (AvgIpc) is 3.24. The minimum absolute atomic E-state index is 0.352. The van der Waals surface area contributed by atoms with Gasteiger partial charge in [0.05, 0.1) is 18.8 Å². The molecule has 0 saturated heterocycles. The maximum absolute atomic E-state index is 12.5. The monoisotopic (exact) mass is 832 g/mol. The predicted octanol–water partition coefficient (Wildman–Crippen LogP) is 14.5. The van der Waals surface area contributed by atoms with Crippen LogP contribution in [0, 0.1) is 0 Å². The number of unbranched alkanes of at least 4 members (excludes halogenated alkanes) is 32. The van der Waals surface area contributed by atoms with Crippen molar-refractivity contribution in [3.63, 3.8) is 0 Å². The van der Waals surface area contributed by atoms with E-state index in [1.54, 1.807) is 0 Å². The molecule has 0 saturated carbocycles. The molecule has 0 rings (SSSR count). The molecule has 0 aromatic heterocycles. The van der Waals surface area contributed by atoms with Crippen LogP contribution in [0.4, 0.5) is 0 Å². The summed E-state index contributed by atoms with van der Waals surface area (Å²) in [5.41, 5.74) is 0. The van der Waals surface area contributed by atoms with Crippen LogP contribution < -0.4 is 5.32 Å². The van der Waals surface area contributed by atoms with Crippen LogP contribution >= 0.6 is 0 Å². The highest BCUT2D eigenvalue weighted by molar-refractivity contribution is 5.80. The van der Waals surface area contributed by atoms with E-state index in [0.717, 1.165) is 51.4 Å². The minimum Gasteiger partial charge on any atom is -0.394 e. The van der Waals surface area contributed by atoms with Crippen LogP contribution in [0.25, 0.3) is 0 Å². The molecule has 59 heavy (non-hydrogen) atoms. The van der Waals surface area contributed by atoms with E-state index in [0.29, 0.717) is 19.3 Å². The van der Waals surface area contributed by atoms with Gasteiger partial charge < -0.3 is 25.7 Å². The van der Waals surface area contributed by atoms with Gasteiger partial charge in [-0.1, -0.05) is 224 Å². The Labute approximate surface area is 367 Å². The van der Waals surface area contributed by atoms with Crippen LogP contribution in [0.3, 0.4) is 0 Å². The Morgan fingerprint density at radius 1 is 0.407 bits per heavy atom. The number of hydrogen-bond acceptors (Lipinski definition) is 5. The van der Waals surface area contributed by atoms with E-state index in [9.17, 15) is 25.2 Å². The van der Waals surface area contributed by atoms with Crippen molar-refractivity contribution >= 4 is 5.91 Å². The van der Waals surface area contributed by atoms with Crippen molar-refractivity contribution < 1.29 is 25.2 Å². The number of hydrogen-bond donors (Lipinski definition) is 5. The average molecular weight is 832 g/mol. The zero-order valence-electron chi connectivity index (χ0n) is 39.3. The van der Waals surface area contributed by atoms with E-state index in [-0.39, 0.29) is 0 Å². The van der Waals surface area contributed by atoms with Crippen molar-refractivity contribution in [2.75, 3.05) is 6.61 Å². The SMILES string of the molecule is CCCCCC/C=C\CCCCCCCCC(O)C(=O)NC(CO)C(O)C(O)CCC/C=C/CC/C=C/CCCCCCCCCCCCCCCCCCCCCC. The molecule has 4 unspecified atom stereocenters. The van der Waals surface area contributed by atoms with Crippen LogP contribution in [0.5, 0.6) is 0 Å². The van der Waals surface area contributed by atoms with E-state index in [1.165, 1.54) is 180 Å². The first-order chi connectivity index (χ1) is 29.0. The van der Waals surface area contributed by atoms with Gasteiger partial charge in [-0.25, -0.2) is 0 Å². The number of carbonyl (C=O) groups is 1. The number of rotatable bonds is 47. The molecule has 348 valence electrons. The first-order valence-electron chi connectivity index (χ1n) is 25.9. The van der Waals surface area contributed by atoms with E-state index in [1.807, 2.05) is 0 Å². The molecule has 0 spiro atoms. The molecule has 0 aromatic rings. The van der Waals surface area contributed by atoms with Gasteiger partial charge >= 0.3 is 0 Å². The Morgan fingerprint density at radius 3 is 1.08 bits per heavy atom. The Hall–Kier alpha value is -1.47. The predicted molar refractivity (Wildman–Crippen MR) is 256 cm³/mol. The number of aliphatic hydroxyl groups excluding tert-OH is 4. The van der Waals surface area contributed by atoms with Gasteiger partial charge in [-0.3, -0.25) is 4.79 Å². The fourth-order valence-corrected chi connectivity index (χ4v) is 7.95. The van der Waals surface area contributed by atoms with Gasteiger partial charge in [0.25, 0.3) is 0 Å². The number of aliphatic hydroxyl groups is 4. The summed E-state index contributed by atoms with van der Waals surface area (Å²) < 4.78 is 0. The third-order valence-corrected chi connectivity index (χ3v) is 12.1. The highest BCUT2D eigenvalue weighted by atomic mass is 16.3. The fraction of sp³-hybridized carbons (Fsp3) is 0.868. The lowest BCUT2D eigenvalue weighted by atomic mass is 10.00. The summed E-state index contributed by atoms with van der Waals surface area (Å²) in [6.45, 7) is 4.03. The third-order valence-electron chi connectivity index (χ3n) is 12.1. The summed E-state index contributed by atoms with van der Waals surface area (Å²) >= 11 is 0. The standard InChI is InChI=1S/C53H101NO5/c1-3-5-7-9-11-13-15-17-19-20-21-22-23-24-25-26-27-28-29-30-31-32-33-35-36-38-40-42-44-46-50(56)52(58)49(48-55)54-53(59)51(57)47-45-43-41-39-37-34-18-16-14-12-10-8-6-4-2/h14,16,32-33,38,40,49-52,55-58H,3-13,15,17-31,34-37,39,41-48H2,1-2H3,(H,54,59)/b16-14-,33-32+,40-38+. The first-order valence-corrected chi connectivity index (χ1v) is 25.9. The number of allylic oxidation sites excluding steroid dienone is 6. The van der Waals surface area contributed by atoms with Crippen molar-refractivity contribution in [2.24, 2.45) is 0 Å². The molecular weight excluding hydrogens is 731 g/mol. The Balaban J connectivity index is 3.68. The van der Waals surface area contributed by atoms with Crippen molar-refractivity contribution in [1.29, 1.82) is 0 Å². The van der Waals surface area contributed by atoms with Gasteiger partial charge in [-0.05, 0) is 77.0 Å². The Morgan fingerprint density at radius 2 is 0.712 bits per heavy atom. The molecule has 0 fully saturated rings. The van der Waals surface area contributed by atoms with Crippen molar-refractivity contribution in [3.05, 3.63) is 36.5 Å². The molecule has 0 aliphatic rings. The lowest BCUT2D eigenvalue weighted by molar-refractivity contribution is -0.132. The lowest BCUT2D eigenvalue weighted by Crippen LogP contribution is -2.53. The smallest absolute Gasteiger partial charge is 0.249 e. The third kappa shape index (κ3) is 41.6. The zero-order valence-corrected chi connectivity index (χ0v) is 39.3. The molecule has 1 amide bonds. The summed E-state index contributed by atoms with van der Waals surface area (Å²) in [7, 11) is 0. The fourth-order valence-electron chi connectivity index (χ4n) is 7.95. The van der Waals surface area contributed by atoms with Gasteiger partial charge in [0, 0.05) is 0 Å². The molecule has 6 heteroatoms. The molecule has 6 nitrogen and oxygen atoms in total. The molecule has 0 aliphatic heterocycles. The number of carbonyl (C=O) groups excluding carboxylic acids is 1. The van der Waals surface area contributed by atoms with Crippen LogP contribution in [-0.2, 0) is 4.79 Å². The van der Waals surface area contributed by atoms with Crippen LogP contribution in [-0.4, -0.2) is 57.3 Å². The second-order valence-corrected chi connectivity index (χ2v) is 17.8. The normalized spacial score (nSPS) is 14.2. The summed E-state index contributed by atoms with van der Waals surface area (Å²) in [5.74, 6) is -0.602. The van der Waals surface area contributed by atoms with Gasteiger partial charge in [-0.2, -0.15) is 0 Å². The van der Waals surface area contributed by atoms with Gasteiger partial charge in [0.15, 0.2) is 0 Å². The highest BCUT2D eigenvalue weighted by Crippen LogP contribution is 2.16. The quantitative estimate of drug-likeness (QED) is 0.0310. The summed E-state index contributed by atoms with van der Waals surface area (Å²) in [5, 5.41) is 43.7. The number of amides is 1. The molecular formula is C53H101NO5. The largest absolute Gasteiger partial charge is 0.394 e. The topological polar surface area (TPSA) is 110 Å². The molecule has 5 N–H and O–H groups in total. The maximum Gasteiger partial charge on any atom is 0.249 e. The summed E-state index contributed by atoms with van der Waals surface area (Å²) in [6, 6.07) is -1.01. The van der Waals surface area contributed by atoms with Crippen molar-refractivity contribution in [3.8, 4) is 0 Å². The van der Waals surface area contributed by atoms with E-state index in [2.05, 4.69) is 55.6 Å². The maximum atomic E-state index is 12.5. The summed E-state index contributed by atoms with van der Waals surface area (Å²) in [4.78, 5) is 12.5. The van der Waals surface area contributed by atoms with Gasteiger partial charge in [-0.15, -0.1) is 0 Å². The van der Waals surface area contributed by atoms with Gasteiger partial charge in [0.2, 0.25) is 5.91 Å². The minimum atomic E-state index is -1.29. The molecule has 0 bridgehead atoms. The van der Waals surface area contributed by atoms with Gasteiger partial charge in [0.1, 0.15) is 12.2 Å². The van der Waals surface area contributed by atoms with Crippen molar-refractivity contribution in [2.45, 2.75) is 289 Å². The molecule has 0 heterocycles. The zero-order chi connectivity index (χ0) is 43.1. The molecule has 4 atom stereocenters. The van der Waals surface area contributed by atoms with E-state index >= 15 is 0 Å². The number of nitrogens with one attached hydrogen (secondary N) is 1. The lowest BCUT2D eigenvalue weighted by Gasteiger charge is -2.27. The molecule has 0 aromatic carbocycles. The summed E-state index contributed by atoms with van der Waals surface area (Å²) in [6.07, 6.45) is 57.8.